The number of aliphatic hydroxyl groups is 1. The van der Waals surface area contributed by atoms with Gasteiger partial charge in [0.2, 0.25) is 5.91 Å². The number of rotatable bonds is 10. The summed E-state index contributed by atoms with van der Waals surface area (Å²) in [6, 6.07) is 12.1. The number of hydrogen-bond donors (Lipinski definition) is 2. The largest absolute Gasteiger partial charge is 0.449 e. The van der Waals surface area contributed by atoms with E-state index in [1.807, 2.05) is 43.3 Å². The standard InChI is InChI=1S/C29H39N5O6/c1-3-4-16-40-29(38)33-14-12-32(13-15-33)28(37)26(20-35)31-27(36)25-18-22(34-11-10-23(19-34)39-2)17-24(30-25)21-8-6-5-7-9-21/h5-9,17-18,23,26,35H,3-4,10-16,19-20H2,1-2H3,(H,31,36)/t23-,26-/m0/s1. The average molecular weight is 554 g/mol. The van der Waals surface area contributed by atoms with Crippen LogP contribution in [0.1, 0.15) is 36.7 Å². The Kier molecular flexibility index (Phi) is 10.3. The van der Waals surface area contributed by atoms with E-state index in [4.69, 9.17) is 9.47 Å². The first kappa shape index (κ1) is 29.3. The van der Waals surface area contributed by atoms with Gasteiger partial charge in [-0.05, 0) is 25.0 Å². The van der Waals surface area contributed by atoms with Crippen LogP contribution in [0.2, 0.25) is 0 Å². The number of anilines is 1. The van der Waals surface area contributed by atoms with Crippen molar-refractivity contribution in [2.24, 2.45) is 0 Å². The predicted octanol–water partition coefficient (Wildman–Crippen LogP) is 2.15. The molecule has 0 bridgehead atoms. The van der Waals surface area contributed by atoms with Crippen LogP contribution in [-0.4, -0.2) is 110 Å². The van der Waals surface area contributed by atoms with Crippen molar-refractivity contribution >= 4 is 23.6 Å². The average Bonchev–Trinajstić information content (AvgIpc) is 3.49. The number of piperazine rings is 1. The number of aliphatic hydroxyl groups excluding tert-OH is 1. The lowest BCUT2D eigenvalue weighted by atomic mass is 10.1. The van der Waals surface area contributed by atoms with Crippen LogP contribution in [0.15, 0.2) is 42.5 Å². The second-order valence-electron chi connectivity index (χ2n) is 10.0. The fourth-order valence-corrected chi connectivity index (χ4v) is 4.87. The number of methoxy groups -OCH3 is 1. The van der Waals surface area contributed by atoms with E-state index in [1.165, 1.54) is 0 Å². The highest BCUT2D eigenvalue weighted by atomic mass is 16.6. The zero-order valence-electron chi connectivity index (χ0n) is 23.3. The van der Waals surface area contributed by atoms with Crippen molar-refractivity contribution < 1.29 is 29.0 Å². The Morgan fingerprint density at radius 3 is 2.45 bits per heavy atom. The van der Waals surface area contributed by atoms with Gasteiger partial charge in [-0.1, -0.05) is 43.7 Å². The van der Waals surface area contributed by atoms with E-state index in [0.29, 0.717) is 31.9 Å². The van der Waals surface area contributed by atoms with E-state index in [2.05, 4.69) is 15.2 Å². The molecule has 0 unspecified atom stereocenters. The van der Waals surface area contributed by atoms with Crippen molar-refractivity contribution in [2.75, 3.05) is 64.5 Å². The van der Waals surface area contributed by atoms with Crippen molar-refractivity contribution in [3.63, 3.8) is 0 Å². The first-order valence-corrected chi connectivity index (χ1v) is 13.9. The van der Waals surface area contributed by atoms with Gasteiger partial charge in [-0.2, -0.15) is 0 Å². The van der Waals surface area contributed by atoms with E-state index < -0.39 is 24.5 Å². The third kappa shape index (κ3) is 7.28. The van der Waals surface area contributed by atoms with Gasteiger partial charge in [-0.25, -0.2) is 9.78 Å². The fourth-order valence-electron chi connectivity index (χ4n) is 4.87. The monoisotopic (exact) mass is 553 g/mol. The van der Waals surface area contributed by atoms with Crippen LogP contribution in [0.5, 0.6) is 0 Å². The maximum atomic E-state index is 13.4. The Morgan fingerprint density at radius 2 is 1.80 bits per heavy atom. The van der Waals surface area contributed by atoms with Gasteiger partial charge in [-0.15, -0.1) is 0 Å². The number of ether oxygens (including phenoxy) is 2. The van der Waals surface area contributed by atoms with Crippen molar-refractivity contribution in [1.82, 2.24) is 20.1 Å². The Labute approximate surface area is 235 Å². The highest BCUT2D eigenvalue weighted by Gasteiger charge is 2.31. The molecule has 1 aromatic heterocycles. The molecule has 11 nitrogen and oxygen atoms in total. The molecule has 11 heteroatoms. The predicted molar refractivity (Wildman–Crippen MR) is 150 cm³/mol. The summed E-state index contributed by atoms with van der Waals surface area (Å²) < 4.78 is 10.8. The quantitative estimate of drug-likeness (QED) is 0.429. The van der Waals surface area contributed by atoms with Gasteiger partial charge in [0.25, 0.3) is 5.91 Å². The van der Waals surface area contributed by atoms with Gasteiger partial charge in [0, 0.05) is 57.6 Å². The van der Waals surface area contributed by atoms with E-state index in [9.17, 15) is 19.5 Å². The molecular formula is C29H39N5O6. The summed E-state index contributed by atoms with van der Waals surface area (Å²) in [5.74, 6) is -0.955. The Bertz CT molecular complexity index is 1150. The molecule has 0 aliphatic carbocycles. The van der Waals surface area contributed by atoms with Gasteiger partial charge in [0.05, 0.1) is 25.0 Å². The highest BCUT2D eigenvalue weighted by Crippen LogP contribution is 2.27. The van der Waals surface area contributed by atoms with Gasteiger partial charge in [-0.3, -0.25) is 9.59 Å². The topological polar surface area (TPSA) is 125 Å². The number of nitrogens with one attached hydrogen (secondary N) is 1. The second-order valence-corrected chi connectivity index (χ2v) is 10.0. The number of hydrogen-bond acceptors (Lipinski definition) is 8. The Balaban J connectivity index is 1.44. The summed E-state index contributed by atoms with van der Waals surface area (Å²) in [6.07, 6.45) is 2.34. The molecule has 0 radical (unpaired) electrons. The molecule has 216 valence electrons. The van der Waals surface area contributed by atoms with E-state index >= 15 is 0 Å². The van der Waals surface area contributed by atoms with E-state index in [1.54, 1.807) is 23.0 Å². The Hall–Kier alpha value is -3.70. The van der Waals surface area contributed by atoms with E-state index in [-0.39, 0.29) is 31.0 Å². The lowest BCUT2D eigenvalue weighted by Gasteiger charge is -2.35. The third-order valence-electron chi connectivity index (χ3n) is 7.31. The molecule has 2 saturated heterocycles. The van der Waals surface area contributed by atoms with Gasteiger partial charge < -0.3 is 34.6 Å². The first-order chi connectivity index (χ1) is 19.4. The minimum atomic E-state index is -1.13. The number of unbranched alkanes of at least 4 members (excludes halogenated alkanes) is 1. The minimum Gasteiger partial charge on any atom is -0.449 e. The van der Waals surface area contributed by atoms with Gasteiger partial charge in [0.15, 0.2) is 0 Å². The SMILES string of the molecule is CCCCOC(=O)N1CCN(C(=O)[C@H](CO)NC(=O)c2cc(N3CC[C@H](OC)C3)cc(-c3ccccc3)n2)CC1. The van der Waals surface area contributed by atoms with Crippen molar-refractivity contribution in [3.8, 4) is 11.3 Å². The third-order valence-corrected chi connectivity index (χ3v) is 7.31. The summed E-state index contributed by atoms with van der Waals surface area (Å²) in [6.45, 7) is 4.55. The number of carbonyl (C=O) groups excluding carboxylic acids is 3. The molecule has 3 amide bonds. The molecule has 2 aromatic rings. The summed E-state index contributed by atoms with van der Waals surface area (Å²) in [5, 5.41) is 12.7. The molecule has 2 aliphatic heterocycles. The molecule has 2 fully saturated rings. The summed E-state index contributed by atoms with van der Waals surface area (Å²) in [5.41, 5.74) is 2.50. The smallest absolute Gasteiger partial charge is 0.409 e. The van der Waals surface area contributed by atoms with Crippen LogP contribution in [-0.2, 0) is 14.3 Å². The number of nitrogens with zero attached hydrogens (tertiary/aromatic N) is 4. The van der Waals surface area contributed by atoms with Crippen LogP contribution < -0.4 is 10.2 Å². The maximum absolute atomic E-state index is 13.4. The van der Waals surface area contributed by atoms with Crippen LogP contribution >= 0.6 is 0 Å². The normalized spacial score (nSPS) is 18.0. The van der Waals surface area contributed by atoms with Crippen molar-refractivity contribution in [1.29, 1.82) is 0 Å². The lowest BCUT2D eigenvalue weighted by Crippen LogP contribution is -2.56. The van der Waals surface area contributed by atoms with Crippen LogP contribution in [0.3, 0.4) is 0 Å². The Morgan fingerprint density at radius 1 is 1.07 bits per heavy atom. The lowest BCUT2D eigenvalue weighted by molar-refractivity contribution is -0.135. The molecule has 2 atom stereocenters. The molecule has 2 N–H and O–H groups in total. The number of aromatic nitrogens is 1. The molecule has 0 spiro atoms. The number of pyridine rings is 1. The first-order valence-electron chi connectivity index (χ1n) is 13.9. The van der Waals surface area contributed by atoms with Crippen molar-refractivity contribution in [3.05, 3.63) is 48.2 Å². The molecule has 2 aliphatic rings. The maximum Gasteiger partial charge on any atom is 0.409 e. The molecule has 0 saturated carbocycles. The van der Waals surface area contributed by atoms with E-state index in [0.717, 1.165) is 37.1 Å². The summed E-state index contributed by atoms with van der Waals surface area (Å²) >= 11 is 0. The second kappa shape index (κ2) is 14.1. The number of carbonyl (C=O) groups is 3. The zero-order chi connectivity index (χ0) is 28.5. The molecule has 40 heavy (non-hydrogen) atoms. The molecule has 1 aromatic carbocycles. The number of benzene rings is 1. The van der Waals surface area contributed by atoms with Crippen LogP contribution in [0.4, 0.5) is 10.5 Å². The number of amides is 3. The summed E-state index contributed by atoms with van der Waals surface area (Å²) in [7, 11) is 1.69. The molecule has 4 rings (SSSR count). The van der Waals surface area contributed by atoms with Crippen LogP contribution in [0, 0.1) is 0 Å². The van der Waals surface area contributed by atoms with Crippen LogP contribution in [0.25, 0.3) is 11.3 Å². The van der Waals surface area contributed by atoms with Gasteiger partial charge >= 0.3 is 6.09 Å². The zero-order valence-corrected chi connectivity index (χ0v) is 23.3. The van der Waals surface area contributed by atoms with Gasteiger partial charge in [0.1, 0.15) is 11.7 Å². The fraction of sp³-hybridized carbons (Fsp3) is 0.517. The molecule has 3 heterocycles. The highest BCUT2D eigenvalue weighted by molar-refractivity contribution is 5.97. The summed E-state index contributed by atoms with van der Waals surface area (Å²) in [4.78, 5) is 48.6. The minimum absolute atomic E-state index is 0.112. The molecular weight excluding hydrogens is 514 g/mol. The van der Waals surface area contributed by atoms with Crippen molar-refractivity contribution in [2.45, 2.75) is 38.3 Å².